The van der Waals surface area contributed by atoms with E-state index in [1.54, 1.807) is 12.1 Å². The summed E-state index contributed by atoms with van der Waals surface area (Å²) >= 11 is 0. The Morgan fingerprint density at radius 3 is 2.12 bits per heavy atom. The number of hydrogen-bond acceptors (Lipinski definition) is 1. The Hall–Kier alpha value is -2.04. The molecule has 1 nitrogen and oxygen atoms in total. The van der Waals surface area contributed by atoms with Gasteiger partial charge in [-0.25, -0.2) is 8.78 Å². The van der Waals surface area contributed by atoms with Gasteiger partial charge in [-0.1, -0.05) is 38.0 Å². The Balaban J connectivity index is 1.75. The highest BCUT2D eigenvalue weighted by Crippen LogP contribution is 2.38. The molecule has 2 aromatic carbocycles. The summed E-state index contributed by atoms with van der Waals surface area (Å²) in [4.78, 5) is 0. The summed E-state index contributed by atoms with van der Waals surface area (Å²) in [7, 11) is 0. The number of ether oxygens (including phenoxy) is 1. The van der Waals surface area contributed by atoms with Crippen LogP contribution in [0.4, 0.5) is 17.6 Å². The molecule has 0 heterocycles. The summed E-state index contributed by atoms with van der Waals surface area (Å²) < 4.78 is 60.7. The third-order valence-corrected chi connectivity index (χ3v) is 5.20. The fourth-order valence-electron chi connectivity index (χ4n) is 3.48. The SMILES string of the molecule is Cc1ccc(C(F)(F)Oc2ccc(C3CCC(C)CC3)cc2)c(F)c1F. The molecule has 26 heavy (non-hydrogen) atoms. The number of aryl methyl sites for hydroxylation is 1. The van der Waals surface area contributed by atoms with E-state index >= 15 is 0 Å². The van der Waals surface area contributed by atoms with Gasteiger partial charge in [0.2, 0.25) is 0 Å². The van der Waals surface area contributed by atoms with Gasteiger partial charge in [-0.15, -0.1) is 0 Å². The van der Waals surface area contributed by atoms with Crippen molar-refractivity contribution < 1.29 is 22.3 Å². The van der Waals surface area contributed by atoms with Crippen LogP contribution < -0.4 is 4.74 Å². The first kappa shape index (κ1) is 18.7. The maximum absolute atomic E-state index is 14.3. The fraction of sp³-hybridized carbons (Fsp3) is 0.429. The molecule has 0 amide bonds. The topological polar surface area (TPSA) is 9.23 Å². The van der Waals surface area contributed by atoms with Gasteiger partial charge >= 0.3 is 6.11 Å². The zero-order chi connectivity index (χ0) is 18.9. The molecular formula is C21H22F4O. The van der Waals surface area contributed by atoms with Crippen molar-refractivity contribution in [1.82, 2.24) is 0 Å². The van der Waals surface area contributed by atoms with Gasteiger partial charge in [0.25, 0.3) is 0 Å². The smallest absolute Gasteiger partial charge is 0.429 e. The number of hydrogen-bond donors (Lipinski definition) is 0. The lowest BCUT2D eigenvalue weighted by molar-refractivity contribution is -0.187. The summed E-state index contributed by atoms with van der Waals surface area (Å²) in [6, 6.07) is 8.44. The summed E-state index contributed by atoms with van der Waals surface area (Å²) in [6.07, 6.45) is 0.551. The Kier molecular flexibility index (Phi) is 5.26. The van der Waals surface area contributed by atoms with Crippen molar-refractivity contribution in [2.24, 2.45) is 5.92 Å². The molecule has 0 aliphatic heterocycles. The molecule has 0 aromatic heterocycles. The second-order valence-corrected chi connectivity index (χ2v) is 7.20. The van der Waals surface area contributed by atoms with E-state index in [1.807, 2.05) is 0 Å². The molecule has 1 aliphatic rings. The van der Waals surface area contributed by atoms with Gasteiger partial charge in [-0.05, 0) is 60.9 Å². The minimum Gasteiger partial charge on any atom is -0.429 e. The highest BCUT2D eigenvalue weighted by Gasteiger charge is 2.39. The lowest BCUT2D eigenvalue weighted by atomic mass is 9.79. The van der Waals surface area contributed by atoms with E-state index in [2.05, 4.69) is 11.7 Å². The standard InChI is InChI=1S/C21H22F4O/c1-13-3-6-15(7-4-13)16-8-10-17(11-9-16)26-21(24,25)18-12-5-14(2)19(22)20(18)23/h5,8-13,15H,3-4,6-7H2,1-2H3. The van der Waals surface area contributed by atoms with Crippen molar-refractivity contribution in [3.8, 4) is 5.75 Å². The van der Waals surface area contributed by atoms with E-state index in [0.29, 0.717) is 5.92 Å². The van der Waals surface area contributed by atoms with Crippen LogP contribution >= 0.6 is 0 Å². The molecule has 0 bridgehead atoms. The van der Waals surface area contributed by atoms with Crippen molar-refractivity contribution in [3.05, 3.63) is 64.7 Å². The zero-order valence-corrected chi connectivity index (χ0v) is 14.9. The monoisotopic (exact) mass is 366 g/mol. The molecule has 1 aliphatic carbocycles. The average Bonchev–Trinajstić information content (AvgIpc) is 2.60. The largest absolute Gasteiger partial charge is 0.429 e. The van der Waals surface area contributed by atoms with E-state index in [0.717, 1.165) is 36.5 Å². The van der Waals surface area contributed by atoms with Crippen molar-refractivity contribution in [1.29, 1.82) is 0 Å². The summed E-state index contributed by atoms with van der Waals surface area (Å²) in [6.45, 7) is 3.55. The van der Waals surface area contributed by atoms with E-state index in [9.17, 15) is 17.6 Å². The highest BCUT2D eigenvalue weighted by molar-refractivity contribution is 5.32. The van der Waals surface area contributed by atoms with Crippen LogP contribution in [0.25, 0.3) is 0 Å². The van der Waals surface area contributed by atoms with Gasteiger partial charge < -0.3 is 4.74 Å². The minimum absolute atomic E-state index is 0.0341. The number of halogens is 4. The Labute approximate surface area is 151 Å². The predicted octanol–water partition coefficient (Wildman–Crippen LogP) is 6.70. The first-order valence-electron chi connectivity index (χ1n) is 8.90. The number of alkyl halides is 2. The van der Waals surface area contributed by atoms with Crippen LogP contribution in [-0.4, -0.2) is 0 Å². The van der Waals surface area contributed by atoms with Gasteiger partial charge in [-0.2, -0.15) is 8.78 Å². The third kappa shape index (κ3) is 3.87. The van der Waals surface area contributed by atoms with Gasteiger partial charge in [0, 0.05) is 0 Å². The normalized spacial score (nSPS) is 20.8. The lowest BCUT2D eigenvalue weighted by Gasteiger charge is -2.26. The van der Waals surface area contributed by atoms with Crippen molar-refractivity contribution in [3.63, 3.8) is 0 Å². The third-order valence-electron chi connectivity index (χ3n) is 5.20. The molecule has 0 spiro atoms. The van der Waals surface area contributed by atoms with Crippen molar-refractivity contribution >= 4 is 0 Å². The molecule has 0 unspecified atom stereocenters. The Morgan fingerprint density at radius 1 is 0.885 bits per heavy atom. The van der Waals surface area contributed by atoms with Gasteiger partial charge in [0.1, 0.15) is 11.3 Å². The quantitative estimate of drug-likeness (QED) is 0.547. The number of rotatable bonds is 4. The molecular weight excluding hydrogens is 344 g/mol. The highest BCUT2D eigenvalue weighted by atomic mass is 19.3. The van der Waals surface area contributed by atoms with E-state index < -0.39 is 23.3 Å². The second kappa shape index (κ2) is 7.29. The zero-order valence-electron chi connectivity index (χ0n) is 14.9. The maximum atomic E-state index is 14.3. The van der Waals surface area contributed by atoms with Gasteiger partial charge in [0.15, 0.2) is 11.6 Å². The Bertz CT molecular complexity index is 762. The van der Waals surface area contributed by atoms with Crippen LogP contribution in [0.3, 0.4) is 0 Å². The van der Waals surface area contributed by atoms with E-state index in [-0.39, 0.29) is 11.3 Å². The minimum atomic E-state index is -3.96. The number of benzene rings is 2. The van der Waals surface area contributed by atoms with Crippen molar-refractivity contribution in [2.75, 3.05) is 0 Å². The lowest BCUT2D eigenvalue weighted by Crippen LogP contribution is -2.24. The van der Waals surface area contributed by atoms with Crippen LogP contribution in [0.1, 0.15) is 55.2 Å². The van der Waals surface area contributed by atoms with Crippen LogP contribution in [0.2, 0.25) is 0 Å². The first-order valence-corrected chi connectivity index (χ1v) is 8.90. The molecule has 0 atom stereocenters. The molecule has 140 valence electrons. The average molecular weight is 366 g/mol. The second-order valence-electron chi connectivity index (χ2n) is 7.20. The molecule has 0 N–H and O–H groups in total. The first-order chi connectivity index (χ1) is 12.3. The van der Waals surface area contributed by atoms with Gasteiger partial charge in [-0.3, -0.25) is 0 Å². The van der Waals surface area contributed by atoms with Crippen LogP contribution in [0.5, 0.6) is 5.75 Å². The van der Waals surface area contributed by atoms with Crippen molar-refractivity contribution in [2.45, 2.75) is 51.6 Å². The van der Waals surface area contributed by atoms with Gasteiger partial charge in [0.05, 0.1) is 0 Å². The summed E-state index contributed by atoms with van der Waals surface area (Å²) in [5.74, 6) is -1.78. The predicted molar refractivity (Wildman–Crippen MR) is 92.4 cm³/mol. The molecule has 1 fully saturated rings. The fourth-order valence-corrected chi connectivity index (χ4v) is 3.48. The molecule has 1 saturated carbocycles. The van der Waals surface area contributed by atoms with E-state index in [1.165, 1.54) is 31.9 Å². The molecule has 2 aromatic rings. The molecule has 0 radical (unpaired) electrons. The summed E-state index contributed by atoms with van der Waals surface area (Å²) in [5.41, 5.74) is -0.0423. The van der Waals surface area contributed by atoms with Crippen LogP contribution in [0.15, 0.2) is 36.4 Å². The van der Waals surface area contributed by atoms with E-state index in [4.69, 9.17) is 0 Å². The Morgan fingerprint density at radius 2 is 1.50 bits per heavy atom. The molecule has 5 heteroatoms. The summed E-state index contributed by atoms with van der Waals surface area (Å²) in [5, 5.41) is 0. The molecule has 3 rings (SSSR count). The van der Waals surface area contributed by atoms with Crippen LogP contribution in [-0.2, 0) is 6.11 Å². The van der Waals surface area contributed by atoms with Crippen LogP contribution in [0, 0.1) is 24.5 Å². The maximum Gasteiger partial charge on any atom is 0.429 e. The molecule has 0 saturated heterocycles.